The van der Waals surface area contributed by atoms with Crippen LogP contribution in [-0.4, -0.2) is 55.4 Å². The van der Waals surface area contributed by atoms with Crippen molar-refractivity contribution in [3.8, 4) is 0 Å². The van der Waals surface area contributed by atoms with Gasteiger partial charge in [-0.05, 0) is 52.9 Å². The van der Waals surface area contributed by atoms with Gasteiger partial charge in [-0.25, -0.2) is 0 Å². The van der Waals surface area contributed by atoms with Crippen molar-refractivity contribution in [2.24, 2.45) is 5.73 Å². The van der Waals surface area contributed by atoms with Crippen molar-refractivity contribution in [1.82, 2.24) is 9.80 Å². The second kappa shape index (κ2) is 6.86. The van der Waals surface area contributed by atoms with Gasteiger partial charge in [0.2, 0.25) is 0 Å². The number of unbranched alkanes of at least 4 members (excludes halogenated alkanes) is 1. The van der Waals surface area contributed by atoms with E-state index in [-0.39, 0.29) is 0 Å². The van der Waals surface area contributed by atoms with Gasteiger partial charge in [0.1, 0.15) is 0 Å². The molecular formula is C12H26N4. The third-order valence-electron chi connectivity index (χ3n) is 3.43. The summed E-state index contributed by atoms with van der Waals surface area (Å²) < 4.78 is 0. The summed E-state index contributed by atoms with van der Waals surface area (Å²) in [7, 11) is 4.42. The Labute approximate surface area is 99.3 Å². The summed E-state index contributed by atoms with van der Waals surface area (Å²) in [6.45, 7) is 3.57. The molecule has 94 valence electrons. The summed E-state index contributed by atoms with van der Waals surface area (Å²) in [5, 5.41) is 7.16. The van der Waals surface area contributed by atoms with Gasteiger partial charge in [-0.15, -0.1) is 0 Å². The van der Waals surface area contributed by atoms with Gasteiger partial charge in [-0.3, -0.25) is 5.41 Å². The van der Waals surface area contributed by atoms with E-state index in [1.165, 1.54) is 25.9 Å². The molecule has 1 aliphatic rings. The van der Waals surface area contributed by atoms with Crippen molar-refractivity contribution in [2.45, 2.75) is 38.1 Å². The smallest absolute Gasteiger partial charge is 0.0905 e. The van der Waals surface area contributed by atoms with Crippen LogP contribution in [0.2, 0.25) is 0 Å². The molecule has 1 rings (SSSR count). The molecule has 1 unspecified atom stereocenters. The van der Waals surface area contributed by atoms with E-state index >= 15 is 0 Å². The predicted molar refractivity (Wildman–Crippen MR) is 68.9 cm³/mol. The van der Waals surface area contributed by atoms with Crippen LogP contribution in [0.1, 0.15) is 32.1 Å². The highest BCUT2D eigenvalue weighted by atomic mass is 15.2. The molecule has 16 heavy (non-hydrogen) atoms. The van der Waals surface area contributed by atoms with Crippen molar-refractivity contribution in [3.05, 3.63) is 0 Å². The second-order valence-electron chi connectivity index (χ2n) is 5.02. The summed E-state index contributed by atoms with van der Waals surface area (Å²) in [6.07, 6.45) is 5.59. The number of rotatable bonds is 6. The lowest BCUT2D eigenvalue weighted by Crippen LogP contribution is -2.45. The fourth-order valence-corrected chi connectivity index (χ4v) is 2.36. The maximum Gasteiger partial charge on any atom is 0.0905 e. The molecule has 0 aromatic carbocycles. The molecule has 0 saturated carbocycles. The molecule has 3 N–H and O–H groups in total. The minimum Gasteiger partial charge on any atom is -0.388 e. The fourth-order valence-electron chi connectivity index (χ4n) is 2.36. The summed E-state index contributed by atoms with van der Waals surface area (Å²) >= 11 is 0. The van der Waals surface area contributed by atoms with Crippen molar-refractivity contribution in [3.63, 3.8) is 0 Å². The van der Waals surface area contributed by atoms with Crippen molar-refractivity contribution in [2.75, 3.05) is 33.7 Å². The van der Waals surface area contributed by atoms with E-state index in [0.29, 0.717) is 5.84 Å². The SMILES string of the molecule is CN1CCCC(N(C)CCCCC(=N)N)C1. The van der Waals surface area contributed by atoms with Crippen LogP contribution in [0.4, 0.5) is 0 Å². The zero-order valence-electron chi connectivity index (χ0n) is 10.7. The van der Waals surface area contributed by atoms with Crippen LogP contribution in [0.25, 0.3) is 0 Å². The maximum atomic E-state index is 7.16. The number of likely N-dealkylation sites (N-methyl/N-ethyl adjacent to an activating group) is 2. The fraction of sp³-hybridized carbons (Fsp3) is 0.917. The van der Waals surface area contributed by atoms with Crippen LogP contribution in [0.3, 0.4) is 0 Å². The molecule has 0 bridgehead atoms. The first-order chi connectivity index (χ1) is 7.59. The van der Waals surface area contributed by atoms with Gasteiger partial charge in [0.25, 0.3) is 0 Å². The lowest BCUT2D eigenvalue weighted by Gasteiger charge is -2.35. The normalized spacial score (nSPS) is 22.6. The molecule has 0 aromatic rings. The van der Waals surface area contributed by atoms with Crippen molar-refractivity contribution < 1.29 is 0 Å². The first kappa shape index (κ1) is 13.5. The molecule has 4 heteroatoms. The summed E-state index contributed by atoms with van der Waals surface area (Å²) in [5.74, 6) is 0.319. The van der Waals surface area contributed by atoms with E-state index in [0.717, 1.165) is 31.8 Å². The Morgan fingerprint density at radius 2 is 2.25 bits per heavy atom. The van der Waals surface area contributed by atoms with Crippen molar-refractivity contribution in [1.29, 1.82) is 5.41 Å². The van der Waals surface area contributed by atoms with Crippen LogP contribution in [0.5, 0.6) is 0 Å². The Kier molecular flexibility index (Phi) is 5.77. The van der Waals surface area contributed by atoms with E-state index < -0.39 is 0 Å². The van der Waals surface area contributed by atoms with E-state index in [4.69, 9.17) is 11.1 Å². The number of nitrogens with one attached hydrogen (secondary N) is 1. The Morgan fingerprint density at radius 3 is 2.88 bits per heavy atom. The molecule has 1 saturated heterocycles. The number of hydrogen-bond acceptors (Lipinski definition) is 3. The van der Waals surface area contributed by atoms with Crippen molar-refractivity contribution >= 4 is 5.84 Å². The van der Waals surface area contributed by atoms with E-state index in [9.17, 15) is 0 Å². The largest absolute Gasteiger partial charge is 0.388 e. The average molecular weight is 226 g/mol. The monoisotopic (exact) mass is 226 g/mol. The van der Waals surface area contributed by atoms with E-state index in [2.05, 4.69) is 23.9 Å². The molecule has 1 atom stereocenters. The lowest BCUT2D eigenvalue weighted by molar-refractivity contribution is 0.133. The van der Waals surface area contributed by atoms with Crippen LogP contribution >= 0.6 is 0 Å². The van der Waals surface area contributed by atoms with Crippen LogP contribution in [0.15, 0.2) is 0 Å². The molecule has 1 aliphatic heterocycles. The molecule has 1 fully saturated rings. The highest BCUT2D eigenvalue weighted by Gasteiger charge is 2.20. The molecule has 0 aromatic heterocycles. The van der Waals surface area contributed by atoms with Gasteiger partial charge in [-0.2, -0.15) is 0 Å². The first-order valence-electron chi connectivity index (χ1n) is 6.31. The highest BCUT2D eigenvalue weighted by molar-refractivity contribution is 5.76. The third-order valence-corrected chi connectivity index (χ3v) is 3.43. The van der Waals surface area contributed by atoms with Crippen LogP contribution in [-0.2, 0) is 0 Å². The van der Waals surface area contributed by atoms with Gasteiger partial charge >= 0.3 is 0 Å². The quantitative estimate of drug-likeness (QED) is 0.405. The second-order valence-corrected chi connectivity index (χ2v) is 5.02. The standard InChI is InChI=1S/C12H26N4/c1-15-8-5-6-11(10-15)16(2)9-4-3-7-12(13)14/h11H,3-10H2,1-2H3,(H3,13,14). The Hall–Kier alpha value is -0.610. The molecule has 4 nitrogen and oxygen atoms in total. The zero-order valence-corrected chi connectivity index (χ0v) is 10.7. The number of piperidine rings is 1. The number of nitrogens with two attached hydrogens (primary N) is 1. The van der Waals surface area contributed by atoms with E-state index in [1.807, 2.05) is 0 Å². The minimum absolute atomic E-state index is 0.319. The molecule has 0 aliphatic carbocycles. The summed E-state index contributed by atoms with van der Waals surface area (Å²) in [4.78, 5) is 4.88. The lowest BCUT2D eigenvalue weighted by atomic mass is 10.0. The molecule has 1 heterocycles. The van der Waals surface area contributed by atoms with E-state index in [1.54, 1.807) is 0 Å². The van der Waals surface area contributed by atoms with Gasteiger partial charge in [0.15, 0.2) is 0 Å². The van der Waals surface area contributed by atoms with Crippen LogP contribution in [0, 0.1) is 5.41 Å². The Bertz CT molecular complexity index is 217. The Morgan fingerprint density at radius 1 is 1.50 bits per heavy atom. The highest BCUT2D eigenvalue weighted by Crippen LogP contribution is 2.13. The van der Waals surface area contributed by atoms with Gasteiger partial charge in [0, 0.05) is 19.0 Å². The average Bonchev–Trinajstić information content (AvgIpc) is 2.24. The number of hydrogen-bond donors (Lipinski definition) is 2. The molecular weight excluding hydrogens is 200 g/mol. The zero-order chi connectivity index (χ0) is 12.0. The number of amidine groups is 1. The minimum atomic E-state index is 0.319. The molecule has 0 radical (unpaired) electrons. The van der Waals surface area contributed by atoms with Gasteiger partial charge < -0.3 is 15.5 Å². The first-order valence-corrected chi connectivity index (χ1v) is 6.31. The molecule has 0 spiro atoms. The summed E-state index contributed by atoms with van der Waals surface area (Å²) in [5.41, 5.74) is 5.33. The third kappa shape index (κ3) is 4.94. The Balaban J connectivity index is 2.13. The van der Waals surface area contributed by atoms with Gasteiger partial charge in [-0.1, -0.05) is 0 Å². The number of nitrogens with zero attached hydrogens (tertiary/aromatic N) is 2. The van der Waals surface area contributed by atoms with Crippen LogP contribution < -0.4 is 5.73 Å². The number of likely N-dealkylation sites (tertiary alicyclic amines) is 1. The summed E-state index contributed by atoms with van der Waals surface area (Å²) in [6, 6.07) is 0.719. The van der Waals surface area contributed by atoms with Gasteiger partial charge in [0.05, 0.1) is 5.84 Å². The topological polar surface area (TPSA) is 56.4 Å². The maximum absolute atomic E-state index is 7.16. The predicted octanol–water partition coefficient (Wildman–Crippen LogP) is 1.12. The molecule has 0 amide bonds.